The molecule has 0 saturated heterocycles. The van der Waals surface area contributed by atoms with E-state index in [1.165, 1.54) is 11.0 Å². The molecule has 0 amide bonds. The van der Waals surface area contributed by atoms with Crippen LogP contribution in [0.1, 0.15) is 12.7 Å². The molecular formula is C9H12N6O4S. The van der Waals surface area contributed by atoms with E-state index in [0.717, 1.165) is 10.8 Å². The molecule has 0 aliphatic heterocycles. The van der Waals surface area contributed by atoms with Crippen LogP contribution in [0.5, 0.6) is 0 Å². The highest BCUT2D eigenvalue weighted by atomic mass is 32.2. The molecule has 0 radical (unpaired) electrons. The normalized spacial score (nSPS) is 11.7. The van der Waals surface area contributed by atoms with Crippen LogP contribution in [0.15, 0.2) is 27.0 Å². The third-order valence-electron chi connectivity index (χ3n) is 2.59. The second-order valence-corrected chi connectivity index (χ2v) is 5.45. The fourth-order valence-corrected chi connectivity index (χ4v) is 2.22. The van der Waals surface area contributed by atoms with Crippen molar-refractivity contribution < 1.29 is 8.42 Å². The first-order valence-corrected chi connectivity index (χ1v) is 7.10. The van der Waals surface area contributed by atoms with Gasteiger partial charge in [-0.2, -0.15) is 5.10 Å². The van der Waals surface area contributed by atoms with Crippen molar-refractivity contribution >= 4 is 10.0 Å². The molecule has 2 aromatic heterocycles. The molecule has 11 heteroatoms. The van der Waals surface area contributed by atoms with Crippen LogP contribution >= 0.6 is 0 Å². The maximum absolute atomic E-state index is 11.7. The summed E-state index contributed by atoms with van der Waals surface area (Å²) in [6.45, 7) is 2.34. The Morgan fingerprint density at radius 2 is 2.10 bits per heavy atom. The quantitative estimate of drug-likeness (QED) is 0.658. The molecule has 0 bridgehead atoms. The van der Waals surface area contributed by atoms with Gasteiger partial charge in [-0.1, -0.05) is 0 Å². The Bertz CT molecular complexity index is 846. The maximum Gasteiger partial charge on any atom is 0.328 e. The fourth-order valence-electron chi connectivity index (χ4n) is 1.64. The second-order valence-electron chi connectivity index (χ2n) is 3.92. The van der Waals surface area contributed by atoms with Gasteiger partial charge in [0.15, 0.2) is 4.90 Å². The Kier molecular flexibility index (Phi) is 3.55. The van der Waals surface area contributed by atoms with Crippen molar-refractivity contribution in [2.45, 2.75) is 24.9 Å². The number of sulfonamides is 1. The number of rotatable bonds is 4. The van der Waals surface area contributed by atoms with E-state index in [0.29, 0.717) is 12.4 Å². The molecule has 108 valence electrons. The van der Waals surface area contributed by atoms with Crippen molar-refractivity contribution in [1.82, 2.24) is 24.3 Å². The molecule has 20 heavy (non-hydrogen) atoms. The zero-order valence-corrected chi connectivity index (χ0v) is 11.3. The number of hydrogen-bond donors (Lipinski definition) is 2. The first kappa shape index (κ1) is 14.1. The van der Waals surface area contributed by atoms with Gasteiger partial charge in [0.1, 0.15) is 12.2 Å². The van der Waals surface area contributed by atoms with Gasteiger partial charge >= 0.3 is 5.69 Å². The first-order valence-electron chi connectivity index (χ1n) is 5.56. The lowest BCUT2D eigenvalue weighted by atomic mass is 10.5. The summed E-state index contributed by atoms with van der Waals surface area (Å²) in [5, 5.41) is 8.83. The molecule has 0 aromatic carbocycles. The number of hydrogen-bond acceptors (Lipinski definition) is 6. The molecule has 10 nitrogen and oxygen atoms in total. The molecule has 3 N–H and O–H groups in total. The topological polar surface area (TPSA) is 146 Å². The lowest BCUT2D eigenvalue weighted by molar-refractivity contribution is 0.569. The number of aryl methyl sites for hydroxylation is 1. The summed E-state index contributed by atoms with van der Waals surface area (Å²) in [4.78, 5) is 28.2. The van der Waals surface area contributed by atoms with Gasteiger partial charge in [0.2, 0.25) is 10.0 Å². The predicted molar refractivity (Wildman–Crippen MR) is 67.5 cm³/mol. The largest absolute Gasteiger partial charge is 0.328 e. The van der Waals surface area contributed by atoms with E-state index in [2.05, 4.69) is 10.1 Å². The van der Waals surface area contributed by atoms with Crippen LogP contribution in [0.25, 0.3) is 0 Å². The highest BCUT2D eigenvalue weighted by molar-refractivity contribution is 7.89. The highest BCUT2D eigenvalue weighted by Crippen LogP contribution is 2.00. The SMILES string of the molecule is CCn1ncnc1Cn1cc(S(N)(=O)=O)c(=O)[nH]c1=O. The van der Waals surface area contributed by atoms with E-state index in [4.69, 9.17) is 5.14 Å². The van der Waals surface area contributed by atoms with Gasteiger partial charge in [0.05, 0.1) is 6.54 Å². The molecule has 0 aliphatic carbocycles. The average molecular weight is 300 g/mol. The highest BCUT2D eigenvalue weighted by Gasteiger charge is 2.16. The predicted octanol–water partition coefficient (Wildman–Crippen LogP) is -2.16. The van der Waals surface area contributed by atoms with Gasteiger partial charge in [-0.3, -0.25) is 14.3 Å². The summed E-state index contributed by atoms with van der Waals surface area (Å²) >= 11 is 0. The van der Waals surface area contributed by atoms with Crippen molar-refractivity contribution in [3.63, 3.8) is 0 Å². The minimum atomic E-state index is -4.21. The van der Waals surface area contributed by atoms with Gasteiger partial charge in [-0.05, 0) is 6.92 Å². The summed E-state index contributed by atoms with van der Waals surface area (Å²) in [6, 6.07) is 0. The molecule has 0 fully saturated rings. The second kappa shape index (κ2) is 5.02. The van der Waals surface area contributed by atoms with Crippen LogP contribution in [-0.2, 0) is 23.1 Å². The number of nitrogens with two attached hydrogens (primary N) is 1. The van der Waals surface area contributed by atoms with E-state index < -0.39 is 26.2 Å². The molecule has 0 atom stereocenters. The molecule has 0 saturated carbocycles. The van der Waals surface area contributed by atoms with E-state index >= 15 is 0 Å². The summed E-state index contributed by atoms with van der Waals surface area (Å²) < 4.78 is 25.0. The molecule has 2 heterocycles. The summed E-state index contributed by atoms with van der Waals surface area (Å²) in [5.74, 6) is 0.446. The Labute approximate surface area is 112 Å². The van der Waals surface area contributed by atoms with Crippen LogP contribution in [0.3, 0.4) is 0 Å². The van der Waals surface area contributed by atoms with Crippen LogP contribution in [-0.4, -0.2) is 32.7 Å². The van der Waals surface area contributed by atoms with Gasteiger partial charge in [0.25, 0.3) is 5.56 Å². The van der Waals surface area contributed by atoms with Crippen LogP contribution in [0.2, 0.25) is 0 Å². The van der Waals surface area contributed by atoms with E-state index in [1.54, 1.807) is 0 Å². The van der Waals surface area contributed by atoms with E-state index in [9.17, 15) is 18.0 Å². The number of aromatic nitrogens is 5. The standard InChI is InChI=1S/C9H12N6O4S/c1-2-15-7(11-5-12-15)4-14-3-6(20(10,18)19)8(16)13-9(14)17/h3,5H,2,4H2,1H3,(H2,10,18,19)(H,13,16,17). The lowest BCUT2D eigenvalue weighted by Gasteiger charge is -2.07. The van der Waals surface area contributed by atoms with Gasteiger partial charge in [0, 0.05) is 12.7 Å². The molecule has 2 aromatic rings. The maximum atomic E-state index is 11.7. The Hall–Kier alpha value is -2.27. The average Bonchev–Trinajstić information content (AvgIpc) is 2.78. The number of aromatic amines is 1. The third kappa shape index (κ3) is 2.67. The molecular weight excluding hydrogens is 288 g/mol. The Balaban J connectivity index is 2.53. The monoisotopic (exact) mass is 300 g/mol. The Morgan fingerprint density at radius 3 is 2.70 bits per heavy atom. The van der Waals surface area contributed by atoms with Crippen LogP contribution < -0.4 is 16.4 Å². The Morgan fingerprint density at radius 1 is 1.40 bits per heavy atom. The van der Waals surface area contributed by atoms with Crippen molar-refractivity contribution in [3.8, 4) is 0 Å². The number of H-pyrrole nitrogens is 1. The minimum absolute atomic E-state index is 0.0357. The van der Waals surface area contributed by atoms with E-state index in [1.807, 2.05) is 11.9 Å². The van der Waals surface area contributed by atoms with E-state index in [-0.39, 0.29) is 6.54 Å². The van der Waals surface area contributed by atoms with Crippen molar-refractivity contribution in [2.24, 2.45) is 5.14 Å². The molecule has 2 rings (SSSR count). The van der Waals surface area contributed by atoms with Gasteiger partial charge < -0.3 is 0 Å². The van der Waals surface area contributed by atoms with Crippen LogP contribution in [0, 0.1) is 0 Å². The van der Waals surface area contributed by atoms with Crippen molar-refractivity contribution in [1.29, 1.82) is 0 Å². The molecule has 0 spiro atoms. The number of nitrogens with zero attached hydrogens (tertiary/aromatic N) is 4. The molecule has 0 unspecified atom stereocenters. The first-order chi connectivity index (χ1) is 9.32. The summed E-state index contributed by atoms with van der Waals surface area (Å²) in [7, 11) is -4.21. The third-order valence-corrected chi connectivity index (χ3v) is 3.50. The smallest absolute Gasteiger partial charge is 0.292 e. The molecule has 0 aliphatic rings. The zero-order chi connectivity index (χ0) is 14.9. The lowest BCUT2D eigenvalue weighted by Crippen LogP contribution is -2.35. The van der Waals surface area contributed by atoms with Crippen molar-refractivity contribution in [3.05, 3.63) is 39.2 Å². The zero-order valence-electron chi connectivity index (χ0n) is 10.5. The van der Waals surface area contributed by atoms with Crippen molar-refractivity contribution in [2.75, 3.05) is 0 Å². The number of nitrogens with one attached hydrogen (secondary N) is 1. The summed E-state index contributed by atoms with van der Waals surface area (Å²) in [6.07, 6.45) is 2.21. The number of primary sulfonamides is 1. The van der Waals surface area contributed by atoms with Crippen LogP contribution in [0.4, 0.5) is 0 Å². The summed E-state index contributed by atoms with van der Waals surface area (Å²) in [5.41, 5.74) is -1.81. The minimum Gasteiger partial charge on any atom is -0.292 e. The van der Waals surface area contributed by atoms with Gasteiger partial charge in [-0.25, -0.2) is 28.0 Å². The fraction of sp³-hybridized carbons (Fsp3) is 0.333. The van der Waals surface area contributed by atoms with Gasteiger partial charge in [-0.15, -0.1) is 0 Å².